The summed E-state index contributed by atoms with van der Waals surface area (Å²) in [5.41, 5.74) is 3.76. The molecule has 0 spiro atoms. The van der Waals surface area contributed by atoms with Crippen molar-refractivity contribution in [1.29, 1.82) is 0 Å². The standard InChI is InChI=1S/C29H34FN7O/c1-35-13-15-37(16-14-35)20-9-11-36(12-10-20)21-7-8-26(27(17-21)38-2)33-29-32-19-24(30)28(34-29)23-18-31-25-6-4-3-5-22(23)25/h3-8,17-20,31H,9-16H2,1-2H3,(H,32,33,34). The number of aromatic amines is 1. The molecule has 2 aliphatic heterocycles. The predicted octanol–water partition coefficient (Wildman–Crippen LogP) is 4.73. The third-order valence-corrected chi connectivity index (χ3v) is 7.90. The van der Waals surface area contributed by atoms with Crippen LogP contribution in [0.15, 0.2) is 54.9 Å². The Morgan fingerprint density at radius 3 is 2.61 bits per heavy atom. The van der Waals surface area contributed by atoms with Gasteiger partial charge in [0.25, 0.3) is 0 Å². The zero-order valence-corrected chi connectivity index (χ0v) is 22.0. The first-order chi connectivity index (χ1) is 18.6. The zero-order valence-electron chi connectivity index (χ0n) is 22.0. The van der Waals surface area contributed by atoms with E-state index in [2.05, 4.69) is 54.1 Å². The van der Waals surface area contributed by atoms with Crippen LogP contribution in [0.1, 0.15) is 12.8 Å². The van der Waals surface area contributed by atoms with Gasteiger partial charge in [-0.15, -0.1) is 0 Å². The van der Waals surface area contributed by atoms with Crippen LogP contribution in [-0.4, -0.2) is 84.2 Å². The van der Waals surface area contributed by atoms with Gasteiger partial charge in [-0.3, -0.25) is 4.90 Å². The van der Waals surface area contributed by atoms with Crippen molar-refractivity contribution in [2.24, 2.45) is 0 Å². The third-order valence-electron chi connectivity index (χ3n) is 7.90. The molecule has 6 rings (SSSR count). The second-order valence-electron chi connectivity index (χ2n) is 10.2. The minimum Gasteiger partial charge on any atom is -0.494 e. The second kappa shape index (κ2) is 10.6. The number of nitrogens with zero attached hydrogens (tertiary/aromatic N) is 5. The molecule has 2 N–H and O–H groups in total. The number of ether oxygens (including phenoxy) is 1. The van der Waals surface area contributed by atoms with Crippen molar-refractivity contribution in [3.05, 3.63) is 60.7 Å². The Hall–Kier alpha value is -3.69. The Balaban J connectivity index is 1.17. The molecule has 4 aromatic rings. The average Bonchev–Trinajstić information content (AvgIpc) is 3.39. The van der Waals surface area contributed by atoms with Crippen molar-refractivity contribution >= 4 is 28.2 Å². The van der Waals surface area contributed by atoms with Crippen LogP contribution in [-0.2, 0) is 0 Å². The number of rotatable bonds is 6. The number of likely N-dealkylation sites (N-methyl/N-ethyl adjacent to an activating group) is 1. The third kappa shape index (κ3) is 4.91. The number of piperazine rings is 1. The summed E-state index contributed by atoms with van der Waals surface area (Å²) >= 11 is 0. The summed E-state index contributed by atoms with van der Waals surface area (Å²) in [5.74, 6) is 0.540. The largest absolute Gasteiger partial charge is 0.494 e. The van der Waals surface area contributed by atoms with Crippen LogP contribution in [0, 0.1) is 5.82 Å². The monoisotopic (exact) mass is 515 g/mol. The van der Waals surface area contributed by atoms with Crippen LogP contribution >= 0.6 is 0 Å². The molecular formula is C29H34FN7O. The van der Waals surface area contributed by atoms with Crippen molar-refractivity contribution in [2.45, 2.75) is 18.9 Å². The molecule has 2 aliphatic rings. The molecule has 38 heavy (non-hydrogen) atoms. The molecule has 0 saturated carbocycles. The van der Waals surface area contributed by atoms with Gasteiger partial charge >= 0.3 is 0 Å². The van der Waals surface area contributed by atoms with Gasteiger partial charge in [-0.1, -0.05) is 18.2 Å². The Kier molecular flexibility index (Phi) is 6.86. The van der Waals surface area contributed by atoms with Crippen LogP contribution in [0.25, 0.3) is 22.2 Å². The van der Waals surface area contributed by atoms with Gasteiger partial charge in [0.1, 0.15) is 11.4 Å². The van der Waals surface area contributed by atoms with E-state index in [1.165, 1.54) is 32.1 Å². The molecule has 2 fully saturated rings. The first kappa shape index (κ1) is 24.6. The maximum Gasteiger partial charge on any atom is 0.228 e. The van der Waals surface area contributed by atoms with E-state index < -0.39 is 5.82 Å². The van der Waals surface area contributed by atoms with E-state index in [0.29, 0.717) is 23.3 Å². The van der Waals surface area contributed by atoms with E-state index in [4.69, 9.17) is 4.74 Å². The van der Waals surface area contributed by atoms with Crippen LogP contribution in [0.5, 0.6) is 5.75 Å². The lowest BCUT2D eigenvalue weighted by Gasteiger charge is -2.42. The zero-order chi connectivity index (χ0) is 26.1. The maximum atomic E-state index is 14.8. The van der Waals surface area contributed by atoms with Crippen molar-refractivity contribution < 1.29 is 9.13 Å². The first-order valence-corrected chi connectivity index (χ1v) is 13.3. The first-order valence-electron chi connectivity index (χ1n) is 13.3. The number of hydrogen-bond acceptors (Lipinski definition) is 7. The number of aromatic nitrogens is 3. The molecule has 198 valence electrons. The quantitative estimate of drug-likeness (QED) is 0.385. The molecule has 0 atom stereocenters. The fourth-order valence-corrected chi connectivity index (χ4v) is 5.66. The summed E-state index contributed by atoms with van der Waals surface area (Å²) in [6, 6.07) is 14.6. The highest BCUT2D eigenvalue weighted by Gasteiger charge is 2.27. The number of fused-ring (bicyclic) bond motifs is 1. The van der Waals surface area contributed by atoms with Crippen molar-refractivity contribution in [3.8, 4) is 17.0 Å². The Bertz CT molecular complexity index is 1410. The van der Waals surface area contributed by atoms with E-state index in [1.807, 2.05) is 30.3 Å². The number of nitrogens with one attached hydrogen (secondary N) is 2. The van der Waals surface area contributed by atoms with Gasteiger partial charge in [0.15, 0.2) is 5.82 Å². The lowest BCUT2D eigenvalue weighted by atomic mass is 10.0. The van der Waals surface area contributed by atoms with Gasteiger partial charge in [-0.05, 0) is 38.1 Å². The number of piperidine rings is 1. The maximum absolute atomic E-state index is 14.8. The summed E-state index contributed by atoms with van der Waals surface area (Å²) in [6.07, 6.45) is 5.33. The van der Waals surface area contributed by atoms with Gasteiger partial charge in [-0.25, -0.2) is 14.4 Å². The molecule has 0 amide bonds. The second-order valence-corrected chi connectivity index (χ2v) is 10.2. The van der Waals surface area contributed by atoms with Crippen molar-refractivity contribution in [1.82, 2.24) is 24.8 Å². The topological polar surface area (TPSA) is 72.6 Å². The van der Waals surface area contributed by atoms with Gasteiger partial charge in [0.05, 0.1) is 19.0 Å². The Morgan fingerprint density at radius 2 is 1.82 bits per heavy atom. The molecule has 0 bridgehead atoms. The summed E-state index contributed by atoms with van der Waals surface area (Å²) in [6.45, 7) is 6.72. The molecule has 8 nitrogen and oxygen atoms in total. The molecule has 0 aliphatic carbocycles. The fourth-order valence-electron chi connectivity index (χ4n) is 5.66. The number of H-pyrrole nitrogens is 1. The average molecular weight is 516 g/mol. The normalized spacial score (nSPS) is 17.7. The minimum absolute atomic E-state index is 0.249. The lowest BCUT2D eigenvalue weighted by Crippen LogP contribution is -2.52. The van der Waals surface area contributed by atoms with Crippen LogP contribution in [0.4, 0.5) is 21.7 Å². The highest BCUT2D eigenvalue weighted by atomic mass is 19.1. The van der Waals surface area contributed by atoms with Gasteiger partial charge in [0.2, 0.25) is 5.95 Å². The van der Waals surface area contributed by atoms with Crippen LogP contribution < -0.4 is 15.0 Å². The summed E-state index contributed by atoms with van der Waals surface area (Å²) < 4.78 is 20.5. The molecule has 0 unspecified atom stereocenters. The van der Waals surface area contributed by atoms with Crippen LogP contribution in [0.2, 0.25) is 0 Å². The molecule has 2 aromatic carbocycles. The van der Waals surface area contributed by atoms with E-state index in [-0.39, 0.29) is 5.69 Å². The summed E-state index contributed by atoms with van der Waals surface area (Å²) in [5, 5.41) is 4.14. The van der Waals surface area contributed by atoms with Crippen LogP contribution in [0.3, 0.4) is 0 Å². The van der Waals surface area contributed by atoms with E-state index >= 15 is 0 Å². The minimum atomic E-state index is -0.470. The number of anilines is 3. The molecule has 0 radical (unpaired) electrons. The van der Waals surface area contributed by atoms with Gasteiger partial charge in [0, 0.05) is 79.7 Å². The highest BCUT2D eigenvalue weighted by molar-refractivity contribution is 5.94. The fraction of sp³-hybridized carbons (Fsp3) is 0.379. The summed E-state index contributed by atoms with van der Waals surface area (Å²) in [4.78, 5) is 19.4. The predicted molar refractivity (Wildman–Crippen MR) is 150 cm³/mol. The SMILES string of the molecule is COc1cc(N2CCC(N3CCN(C)CC3)CC2)ccc1Nc1ncc(F)c(-c2c[nH]c3ccccc23)n1. The van der Waals surface area contributed by atoms with E-state index in [1.54, 1.807) is 13.3 Å². The highest BCUT2D eigenvalue weighted by Crippen LogP contribution is 2.34. The van der Waals surface area contributed by atoms with Gasteiger partial charge < -0.3 is 24.8 Å². The summed E-state index contributed by atoms with van der Waals surface area (Å²) in [7, 11) is 3.86. The molecule has 4 heterocycles. The number of benzene rings is 2. The number of halogens is 1. The number of hydrogen-bond donors (Lipinski definition) is 2. The van der Waals surface area contributed by atoms with E-state index in [0.717, 1.165) is 48.5 Å². The smallest absolute Gasteiger partial charge is 0.228 e. The lowest BCUT2D eigenvalue weighted by molar-refractivity contribution is 0.0982. The Labute approximate surface area is 222 Å². The molecule has 2 saturated heterocycles. The molecule has 2 aromatic heterocycles. The Morgan fingerprint density at radius 1 is 1.03 bits per heavy atom. The molecular weight excluding hydrogens is 481 g/mol. The van der Waals surface area contributed by atoms with Gasteiger partial charge in [-0.2, -0.15) is 0 Å². The van der Waals surface area contributed by atoms with Crippen molar-refractivity contribution in [3.63, 3.8) is 0 Å². The van der Waals surface area contributed by atoms with E-state index in [9.17, 15) is 4.39 Å². The number of methoxy groups -OCH3 is 1. The van der Waals surface area contributed by atoms with Crippen molar-refractivity contribution in [2.75, 3.05) is 63.6 Å². The number of para-hydroxylation sites is 1. The molecule has 9 heteroatoms.